The minimum absolute atomic E-state index is 0.435. The number of nitrogens with zero attached hydrogens (tertiary/aromatic N) is 4. The van der Waals surface area contributed by atoms with Gasteiger partial charge in [-0.05, 0) is 53.2 Å². The van der Waals surface area contributed by atoms with Crippen molar-refractivity contribution >= 4 is 23.2 Å². The second-order valence-electron chi connectivity index (χ2n) is 6.02. The van der Waals surface area contributed by atoms with Gasteiger partial charge in [-0.25, -0.2) is 4.68 Å². The lowest BCUT2D eigenvalue weighted by Crippen LogP contribution is -2.29. The summed E-state index contributed by atoms with van der Waals surface area (Å²) in [5, 5.41) is 16.1. The lowest BCUT2D eigenvalue weighted by Gasteiger charge is -2.18. The highest BCUT2D eigenvalue weighted by Gasteiger charge is 2.17. The average molecular weight is 380 g/mol. The zero-order valence-corrected chi connectivity index (χ0v) is 14.9. The molecule has 0 radical (unpaired) electrons. The molecule has 0 atom stereocenters. The maximum absolute atomic E-state index is 12.2. The van der Waals surface area contributed by atoms with E-state index in [-0.39, 0.29) is 0 Å². The van der Waals surface area contributed by atoms with E-state index in [1.54, 1.807) is 36.4 Å². The first-order valence-electron chi connectivity index (χ1n) is 8.46. The van der Waals surface area contributed by atoms with Gasteiger partial charge in [-0.3, -0.25) is 9.59 Å². The van der Waals surface area contributed by atoms with Crippen molar-refractivity contribution in [1.29, 1.82) is 0 Å². The van der Waals surface area contributed by atoms with Crippen molar-refractivity contribution in [2.45, 2.75) is 6.92 Å². The first-order chi connectivity index (χ1) is 13.6. The number of aryl methyl sites for hydroxylation is 1. The number of anilines is 2. The number of ether oxygens (including phenoxy) is 2. The summed E-state index contributed by atoms with van der Waals surface area (Å²) in [7, 11) is 0. The van der Waals surface area contributed by atoms with Crippen LogP contribution in [0.15, 0.2) is 42.7 Å². The van der Waals surface area contributed by atoms with Crippen LogP contribution in [-0.2, 0) is 9.59 Å². The molecule has 0 spiro atoms. The summed E-state index contributed by atoms with van der Waals surface area (Å²) in [5.41, 5.74) is 2.52. The summed E-state index contributed by atoms with van der Waals surface area (Å²) in [6, 6.07) is 10.1. The number of hydrogen-bond acceptors (Lipinski definition) is 7. The van der Waals surface area contributed by atoms with Gasteiger partial charge >= 0.3 is 11.8 Å². The summed E-state index contributed by atoms with van der Waals surface area (Å²) in [6.45, 7) is 2.76. The van der Waals surface area contributed by atoms with Gasteiger partial charge in [0.2, 0.25) is 0 Å². The summed E-state index contributed by atoms with van der Waals surface area (Å²) < 4.78 is 12.4. The Labute approximate surface area is 159 Å². The van der Waals surface area contributed by atoms with Crippen LogP contribution < -0.4 is 20.1 Å². The first kappa shape index (κ1) is 17.5. The summed E-state index contributed by atoms with van der Waals surface area (Å²) >= 11 is 0. The molecule has 28 heavy (non-hydrogen) atoms. The fourth-order valence-corrected chi connectivity index (χ4v) is 2.76. The fraction of sp³-hybridized carbons (Fsp3) is 0.167. The third kappa shape index (κ3) is 3.61. The van der Waals surface area contributed by atoms with Crippen molar-refractivity contribution in [3.05, 3.63) is 48.3 Å². The number of tetrazole rings is 1. The number of benzene rings is 2. The second-order valence-corrected chi connectivity index (χ2v) is 6.02. The molecule has 0 saturated carbocycles. The van der Waals surface area contributed by atoms with Crippen LogP contribution in [0.5, 0.6) is 11.5 Å². The molecule has 0 aliphatic carbocycles. The minimum Gasteiger partial charge on any atom is -0.486 e. The second kappa shape index (κ2) is 7.35. The van der Waals surface area contributed by atoms with Crippen molar-refractivity contribution in [2.24, 2.45) is 0 Å². The summed E-state index contributed by atoms with van der Waals surface area (Å²) in [4.78, 5) is 24.4. The Morgan fingerprint density at radius 1 is 0.964 bits per heavy atom. The minimum atomic E-state index is -0.793. The third-order valence-corrected chi connectivity index (χ3v) is 4.06. The van der Waals surface area contributed by atoms with Gasteiger partial charge in [0.15, 0.2) is 11.5 Å². The lowest BCUT2D eigenvalue weighted by molar-refractivity contribution is -0.133. The third-order valence-electron chi connectivity index (χ3n) is 4.06. The van der Waals surface area contributed by atoms with Crippen molar-refractivity contribution in [3.63, 3.8) is 0 Å². The maximum Gasteiger partial charge on any atom is 0.314 e. The van der Waals surface area contributed by atoms with E-state index in [2.05, 4.69) is 26.2 Å². The smallest absolute Gasteiger partial charge is 0.314 e. The largest absolute Gasteiger partial charge is 0.486 e. The predicted octanol–water partition coefficient (Wildman–Crippen LogP) is 1.32. The Hall–Kier alpha value is -3.95. The molecule has 10 nitrogen and oxygen atoms in total. The Morgan fingerprint density at radius 2 is 1.64 bits per heavy atom. The van der Waals surface area contributed by atoms with Crippen LogP contribution in [-0.4, -0.2) is 45.2 Å². The highest BCUT2D eigenvalue weighted by atomic mass is 16.6. The SMILES string of the molecule is Cc1cc(NC(=O)C(=O)Nc2ccc3c(c2)OCCO3)ccc1-n1cnnn1. The molecule has 0 unspecified atom stereocenters. The Kier molecular flexibility index (Phi) is 4.58. The molecule has 0 bridgehead atoms. The van der Waals surface area contributed by atoms with Crippen molar-refractivity contribution in [3.8, 4) is 17.2 Å². The number of hydrogen-bond donors (Lipinski definition) is 2. The predicted molar refractivity (Wildman–Crippen MR) is 98.6 cm³/mol. The molecular weight excluding hydrogens is 364 g/mol. The van der Waals surface area contributed by atoms with Crippen LogP contribution in [0.25, 0.3) is 5.69 Å². The van der Waals surface area contributed by atoms with Gasteiger partial charge in [-0.1, -0.05) is 0 Å². The van der Waals surface area contributed by atoms with Gasteiger partial charge < -0.3 is 20.1 Å². The molecular formula is C18H16N6O4. The highest BCUT2D eigenvalue weighted by Crippen LogP contribution is 2.32. The van der Waals surface area contributed by atoms with Crippen LogP contribution in [0.1, 0.15) is 5.56 Å². The van der Waals surface area contributed by atoms with E-state index < -0.39 is 11.8 Å². The van der Waals surface area contributed by atoms with E-state index in [4.69, 9.17) is 9.47 Å². The molecule has 0 saturated heterocycles. The van der Waals surface area contributed by atoms with Gasteiger partial charge in [-0.2, -0.15) is 0 Å². The number of nitrogens with one attached hydrogen (secondary N) is 2. The van der Waals surface area contributed by atoms with E-state index >= 15 is 0 Å². The van der Waals surface area contributed by atoms with Crippen molar-refractivity contribution in [2.75, 3.05) is 23.8 Å². The van der Waals surface area contributed by atoms with Crippen LogP contribution in [0.4, 0.5) is 11.4 Å². The monoisotopic (exact) mass is 380 g/mol. The van der Waals surface area contributed by atoms with Crippen LogP contribution in [0.3, 0.4) is 0 Å². The molecule has 1 aliphatic heterocycles. The zero-order valence-electron chi connectivity index (χ0n) is 14.9. The maximum atomic E-state index is 12.2. The van der Waals surface area contributed by atoms with E-state index in [1.165, 1.54) is 11.0 Å². The first-order valence-corrected chi connectivity index (χ1v) is 8.46. The fourth-order valence-electron chi connectivity index (χ4n) is 2.76. The molecule has 0 fully saturated rings. The Morgan fingerprint density at radius 3 is 2.32 bits per heavy atom. The molecule has 10 heteroatoms. The molecule has 2 heterocycles. The molecule has 2 amide bonds. The molecule has 2 N–H and O–H groups in total. The lowest BCUT2D eigenvalue weighted by atomic mass is 10.2. The molecule has 3 aromatic rings. The van der Waals surface area contributed by atoms with Crippen LogP contribution in [0.2, 0.25) is 0 Å². The molecule has 2 aromatic carbocycles. The van der Waals surface area contributed by atoms with Gasteiger partial charge in [-0.15, -0.1) is 5.10 Å². The van der Waals surface area contributed by atoms with E-state index in [9.17, 15) is 9.59 Å². The molecule has 1 aromatic heterocycles. The topological polar surface area (TPSA) is 120 Å². The summed E-state index contributed by atoms with van der Waals surface area (Å²) in [6.07, 6.45) is 1.47. The van der Waals surface area contributed by atoms with Gasteiger partial charge in [0.25, 0.3) is 0 Å². The summed E-state index contributed by atoms with van der Waals surface area (Å²) in [5.74, 6) is -0.450. The number of carbonyl (C=O) groups excluding carboxylic acids is 2. The van der Waals surface area contributed by atoms with Gasteiger partial charge in [0.05, 0.1) is 5.69 Å². The number of aromatic nitrogens is 4. The normalized spacial score (nSPS) is 12.3. The number of amides is 2. The number of fused-ring (bicyclic) bond motifs is 1. The van der Waals surface area contributed by atoms with Crippen LogP contribution >= 0.6 is 0 Å². The Balaban J connectivity index is 1.42. The number of rotatable bonds is 3. The van der Waals surface area contributed by atoms with Crippen molar-refractivity contribution < 1.29 is 19.1 Å². The van der Waals surface area contributed by atoms with Gasteiger partial charge in [0, 0.05) is 17.4 Å². The zero-order chi connectivity index (χ0) is 19.5. The van der Waals surface area contributed by atoms with E-state index in [0.29, 0.717) is 36.1 Å². The molecule has 1 aliphatic rings. The quantitative estimate of drug-likeness (QED) is 0.658. The standard InChI is InChI=1S/C18H16N6O4/c1-11-8-12(2-4-14(11)24-10-19-22-23-24)20-17(25)18(26)21-13-3-5-15-16(9-13)28-7-6-27-15/h2-5,8-10H,6-7H2,1H3,(H,20,25)(H,21,26). The van der Waals surface area contributed by atoms with Gasteiger partial charge in [0.1, 0.15) is 19.5 Å². The van der Waals surface area contributed by atoms with Crippen LogP contribution in [0, 0.1) is 6.92 Å². The number of carbonyl (C=O) groups is 2. The Bertz CT molecular complexity index is 1030. The molecule has 142 valence electrons. The molecule has 4 rings (SSSR count). The van der Waals surface area contributed by atoms with E-state index in [0.717, 1.165) is 11.3 Å². The van der Waals surface area contributed by atoms with Crippen molar-refractivity contribution in [1.82, 2.24) is 20.2 Å². The van der Waals surface area contributed by atoms with E-state index in [1.807, 2.05) is 6.92 Å². The average Bonchev–Trinajstić information content (AvgIpc) is 3.22. The highest BCUT2D eigenvalue weighted by molar-refractivity contribution is 6.43.